The summed E-state index contributed by atoms with van der Waals surface area (Å²) in [5.74, 6) is 0.422. The van der Waals surface area contributed by atoms with Gasteiger partial charge in [-0.25, -0.2) is 0 Å². The van der Waals surface area contributed by atoms with Gasteiger partial charge in [-0.05, 0) is 60.9 Å². The first kappa shape index (κ1) is 24.5. The average Bonchev–Trinajstić information content (AvgIpc) is 3.40. The topological polar surface area (TPSA) is 58.4 Å². The molecule has 2 amide bonds. The van der Waals surface area contributed by atoms with Crippen LogP contribution < -0.4 is 0 Å². The summed E-state index contributed by atoms with van der Waals surface area (Å²) in [7, 11) is 1.91. The minimum atomic E-state index is 0.0471. The molecule has 182 valence electrons. The lowest BCUT2D eigenvalue weighted by atomic mass is 9.84. The van der Waals surface area contributed by atoms with Gasteiger partial charge in [0.05, 0.1) is 0 Å². The van der Waals surface area contributed by atoms with Crippen molar-refractivity contribution in [3.8, 4) is 0 Å². The van der Waals surface area contributed by atoms with E-state index in [-0.39, 0.29) is 24.4 Å². The van der Waals surface area contributed by atoms with Crippen molar-refractivity contribution in [3.63, 3.8) is 0 Å². The van der Waals surface area contributed by atoms with Crippen LogP contribution >= 0.6 is 0 Å². The molecule has 6 heteroatoms. The van der Waals surface area contributed by atoms with Gasteiger partial charge >= 0.3 is 0 Å². The van der Waals surface area contributed by atoms with Crippen LogP contribution in [0.2, 0.25) is 0 Å². The van der Waals surface area contributed by atoms with Gasteiger partial charge in [0.25, 0.3) is 0 Å². The van der Waals surface area contributed by atoms with Gasteiger partial charge in [-0.3, -0.25) is 14.3 Å². The van der Waals surface area contributed by atoms with Crippen LogP contribution in [0.5, 0.6) is 0 Å². The number of carbonyl (C=O) groups excluding carboxylic acids is 2. The molecule has 2 aromatic carbocycles. The van der Waals surface area contributed by atoms with Crippen molar-refractivity contribution < 1.29 is 9.59 Å². The monoisotopic (exact) mass is 470 g/mol. The second kappa shape index (κ2) is 11.6. The lowest BCUT2D eigenvalue weighted by molar-refractivity contribution is -0.135. The maximum atomic E-state index is 13.2. The van der Waals surface area contributed by atoms with Gasteiger partial charge in [-0.2, -0.15) is 5.10 Å². The van der Waals surface area contributed by atoms with Crippen molar-refractivity contribution in [3.05, 3.63) is 95.8 Å². The maximum Gasteiger partial charge on any atom is 0.246 e. The SMILES string of the molecule is Cc1ccccc1CC(C1CCN(C(=O)/C=C/c2ccccc2)CC1)N(C)C(=O)Cn1cccn1. The second-order valence-electron chi connectivity index (χ2n) is 9.31. The van der Waals surface area contributed by atoms with Gasteiger partial charge < -0.3 is 9.80 Å². The minimum Gasteiger partial charge on any atom is -0.341 e. The lowest BCUT2D eigenvalue weighted by Crippen LogP contribution is -2.49. The highest BCUT2D eigenvalue weighted by Crippen LogP contribution is 2.28. The molecule has 4 rings (SSSR count). The highest BCUT2D eigenvalue weighted by Gasteiger charge is 2.32. The molecule has 1 aliphatic rings. The third kappa shape index (κ3) is 6.47. The van der Waals surface area contributed by atoms with E-state index in [9.17, 15) is 9.59 Å². The molecule has 1 aromatic heterocycles. The summed E-state index contributed by atoms with van der Waals surface area (Å²) in [6.45, 7) is 3.76. The van der Waals surface area contributed by atoms with Crippen molar-refractivity contribution in [2.45, 2.75) is 38.8 Å². The second-order valence-corrected chi connectivity index (χ2v) is 9.31. The fourth-order valence-electron chi connectivity index (χ4n) is 4.85. The van der Waals surface area contributed by atoms with E-state index in [4.69, 9.17) is 0 Å². The first-order valence-electron chi connectivity index (χ1n) is 12.3. The molecule has 1 saturated heterocycles. The number of rotatable bonds is 8. The molecule has 0 radical (unpaired) electrons. The molecule has 1 aliphatic heterocycles. The smallest absolute Gasteiger partial charge is 0.246 e. The number of aryl methyl sites for hydroxylation is 1. The third-order valence-electron chi connectivity index (χ3n) is 7.05. The normalized spacial score (nSPS) is 15.3. The van der Waals surface area contributed by atoms with Crippen molar-refractivity contribution >= 4 is 17.9 Å². The Kier molecular flexibility index (Phi) is 8.14. The summed E-state index contributed by atoms with van der Waals surface area (Å²) in [5.41, 5.74) is 3.52. The quantitative estimate of drug-likeness (QED) is 0.464. The highest BCUT2D eigenvalue weighted by molar-refractivity contribution is 5.91. The van der Waals surface area contributed by atoms with E-state index >= 15 is 0 Å². The Morgan fingerprint density at radius 1 is 1.06 bits per heavy atom. The predicted octanol–water partition coefficient (Wildman–Crippen LogP) is 4.21. The average molecular weight is 471 g/mol. The van der Waals surface area contributed by atoms with Crippen LogP contribution in [-0.2, 0) is 22.6 Å². The molecule has 0 bridgehead atoms. The molecule has 35 heavy (non-hydrogen) atoms. The number of carbonyl (C=O) groups is 2. The number of hydrogen-bond donors (Lipinski definition) is 0. The maximum absolute atomic E-state index is 13.2. The number of likely N-dealkylation sites (tertiary alicyclic amines) is 1. The molecule has 0 aliphatic carbocycles. The third-order valence-corrected chi connectivity index (χ3v) is 7.05. The fraction of sp³-hybridized carbons (Fsp3) is 0.345. The zero-order valence-electron chi connectivity index (χ0n) is 20.6. The van der Waals surface area contributed by atoms with Gasteiger partial charge in [-0.1, -0.05) is 54.6 Å². The number of likely N-dealkylation sites (N-methyl/N-ethyl adjacent to an activating group) is 1. The summed E-state index contributed by atoms with van der Waals surface area (Å²) in [4.78, 5) is 29.8. The zero-order chi connectivity index (χ0) is 24.6. The molecular weight excluding hydrogens is 436 g/mol. The van der Waals surface area contributed by atoms with Gasteiger partial charge in [-0.15, -0.1) is 0 Å². The van der Waals surface area contributed by atoms with Gasteiger partial charge in [0, 0.05) is 44.6 Å². The summed E-state index contributed by atoms with van der Waals surface area (Å²) in [6, 6.07) is 20.2. The molecule has 1 unspecified atom stereocenters. The first-order valence-corrected chi connectivity index (χ1v) is 12.3. The number of hydrogen-bond acceptors (Lipinski definition) is 3. The summed E-state index contributed by atoms with van der Waals surface area (Å²) >= 11 is 0. The van der Waals surface area contributed by atoms with Crippen LogP contribution in [-0.4, -0.2) is 57.6 Å². The van der Waals surface area contributed by atoms with Crippen LogP contribution in [0.1, 0.15) is 29.5 Å². The van der Waals surface area contributed by atoms with Crippen LogP contribution in [0.25, 0.3) is 6.08 Å². The molecular formula is C29H34N4O2. The zero-order valence-corrected chi connectivity index (χ0v) is 20.6. The molecule has 0 N–H and O–H groups in total. The van der Waals surface area contributed by atoms with Crippen LogP contribution in [0.4, 0.5) is 0 Å². The molecule has 1 atom stereocenters. The number of piperidine rings is 1. The Morgan fingerprint density at radius 2 is 1.77 bits per heavy atom. The van der Waals surface area contributed by atoms with Crippen molar-refractivity contribution in [2.75, 3.05) is 20.1 Å². The van der Waals surface area contributed by atoms with Crippen molar-refractivity contribution in [1.82, 2.24) is 19.6 Å². The molecule has 0 saturated carbocycles. The molecule has 0 spiro atoms. The Morgan fingerprint density at radius 3 is 2.46 bits per heavy atom. The predicted molar refractivity (Wildman–Crippen MR) is 138 cm³/mol. The number of nitrogens with zero attached hydrogens (tertiary/aromatic N) is 4. The lowest BCUT2D eigenvalue weighted by Gasteiger charge is -2.40. The van der Waals surface area contributed by atoms with E-state index < -0.39 is 0 Å². The summed E-state index contributed by atoms with van der Waals surface area (Å²) in [6.07, 6.45) is 9.60. The van der Waals surface area contributed by atoms with Gasteiger partial charge in [0.2, 0.25) is 11.8 Å². The Hall–Kier alpha value is -3.67. The Bertz CT molecular complexity index is 1130. The standard InChI is InChI=1S/C29H34N4O2/c1-23-9-6-7-12-26(23)21-27(31(2)29(35)22-33-18-8-17-30-33)25-15-19-32(20-16-25)28(34)14-13-24-10-4-3-5-11-24/h3-14,17-18,25,27H,15-16,19-22H2,1-2H3/b14-13+. The van der Waals surface area contributed by atoms with E-state index in [1.807, 2.05) is 71.6 Å². The van der Waals surface area contributed by atoms with Crippen LogP contribution in [0, 0.1) is 12.8 Å². The van der Waals surface area contributed by atoms with Crippen LogP contribution in [0.15, 0.2) is 79.1 Å². The van der Waals surface area contributed by atoms with Gasteiger partial charge in [0.1, 0.15) is 6.54 Å². The van der Waals surface area contributed by atoms with Gasteiger partial charge in [0.15, 0.2) is 0 Å². The Balaban J connectivity index is 1.43. The molecule has 3 aromatic rings. The van der Waals surface area contributed by atoms with E-state index in [2.05, 4.69) is 30.2 Å². The fourth-order valence-corrected chi connectivity index (χ4v) is 4.85. The summed E-state index contributed by atoms with van der Waals surface area (Å²) in [5, 5.41) is 4.20. The van der Waals surface area contributed by atoms with Crippen molar-refractivity contribution in [2.24, 2.45) is 5.92 Å². The molecule has 1 fully saturated rings. The Labute approximate surface area is 207 Å². The number of aromatic nitrogens is 2. The van der Waals surface area contributed by atoms with E-state index in [0.717, 1.165) is 24.8 Å². The van der Waals surface area contributed by atoms with E-state index in [1.54, 1.807) is 17.0 Å². The van der Waals surface area contributed by atoms with Crippen molar-refractivity contribution in [1.29, 1.82) is 0 Å². The minimum absolute atomic E-state index is 0.0471. The number of amides is 2. The molecule has 6 nitrogen and oxygen atoms in total. The van der Waals surface area contributed by atoms with E-state index in [0.29, 0.717) is 19.0 Å². The number of benzene rings is 2. The first-order chi connectivity index (χ1) is 17.0. The van der Waals surface area contributed by atoms with E-state index in [1.165, 1.54) is 11.1 Å². The summed E-state index contributed by atoms with van der Waals surface area (Å²) < 4.78 is 1.67. The largest absolute Gasteiger partial charge is 0.341 e. The molecule has 2 heterocycles. The van der Waals surface area contributed by atoms with Crippen LogP contribution in [0.3, 0.4) is 0 Å². The highest BCUT2D eigenvalue weighted by atomic mass is 16.2.